The molecular formula is C19H20N2O2. The number of fused-ring (bicyclic) bond motifs is 1. The Morgan fingerprint density at radius 1 is 1.26 bits per heavy atom. The maximum absolute atomic E-state index is 13.0. The fraction of sp³-hybridized carbons (Fsp3) is 0.211. The Morgan fingerprint density at radius 2 is 2.00 bits per heavy atom. The van der Waals surface area contributed by atoms with Crippen molar-refractivity contribution in [1.82, 2.24) is 0 Å². The first kappa shape index (κ1) is 15.2. The van der Waals surface area contributed by atoms with Crippen LogP contribution in [0, 0.1) is 0 Å². The lowest BCUT2D eigenvalue weighted by Gasteiger charge is -2.36. The van der Waals surface area contributed by atoms with Crippen LogP contribution < -0.4 is 15.0 Å². The highest BCUT2D eigenvalue weighted by Crippen LogP contribution is 2.38. The second-order valence-corrected chi connectivity index (χ2v) is 5.75. The van der Waals surface area contributed by atoms with Crippen molar-refractivity contribution in [2.75, 3.05) is 23.9 Å². The fourth-order valence-corrected chi connectivity index (χ4v) is 2.79. The number of carbonyl (C=O) groups is 1. The first-order valence-electron chi connectivity index (χ1n) is 7.55. The maximum atomic E-state index is 13.0. The van der Waals surface area contributed by atoms with Crippen molar-refractivity contribution in [1.29, 1.82) is 0 Å². The van der Waals surface area contributed by atoms with Gasteiger partial charge in [-0.1, -0.05) is 42.5 Å². The number of hydrogen-bond donors (Lipinski definition) is 1. The van der Waals surface area contributed by atoms with E-state index in [0.29, 0.717) is 6.54 Å². The average molecular weight is 308 g/mol. The average Bonchev–Trinajstić information content (AvgIpc) is 2.57. The third-order valence-electron chi connectivity index (χ3n) is 3.87. The van der Waals surface area contributed by atoms with E-state index in [1.54, 1.807) is 12.0 Å². The summed E-state index contributed by atoms with van der Waals surface area (Å²) in [6.07, 6.45) is 0. The minimum Gasteiger partial charge on any atom is -0.497 e. The molecule has 23 heavy (non-hydrogen) atoms. The normalized spacial score (nSPS) is 16.5. The van der Waals surface area contributed by atoms with Crippen molar-refractivity contribution in [3.8, 4) is 5.75 Å². The third-order valence-corrected chi connectivity index (χ3v) is 3.87. The number of nitrogens with zero attached hydrogens (tertiary/aromatic N) is 1. The van der Waals surface area contributed by atoms with Gasteiger partial charge in [0.25, 0.3) is 5.91 Å². The first-order chi connectivity index (χ1) is 11.1. The summed E-state index contributed by atoms with van der Waals surface area (Å²) < 4.78 is 5.30. The Bertz CT molecular complexity index is 740. The van der Waals surface area contributed by atoms with E-state index in [1.165, 1.54) is 0 Å². The van der Waals surface area contributed by atoms with Crippen LogP contribution in [0.2, 0.25) is 0 Å². The van der Waals surface area contributed by atoms with Crippen molar-refractivity contribution in [2.45, 2.75) is 13.0 Å². The minimum absolute atomic E-state index is 0.0249. The summed E-state index contributed by atoms with van der Waals surface area (Å²) in [4.78, 5) is 14.8. The van der Waals surface area contributed by atoms with Crippen molar-refractivity contribution < 1.29 is 9.53 Å². The van der Waals surface area contributed by atoms with E-state index in [2.05, 4.69) is 11.9 Å². The van der Waals surface area contributed by atoms with Crippen molar-refractivity contribution >= 4 is 17.3 Å². The van der Waals surface area contributed by atoms with E-state index < -0.39 is 6.04 Å². The van der Waals surface area contributed by atoms with E-state index in [0.717, 1.165) is 28.3 Å². The Hall–Kier alpha value is -2.75. The zero-order valence-corrected chi connectivity index (χ0v) is 13.4. The molecule has 0 aliphatic carbocycles. The second-order valence-electron chi connectivity index (χ2n) is 5.75. The molecule has 2 aromatic carbocycles. The number of ether oxygens (including phenoxy) is 1. The number of nitrogens with one attached hydrogen (secondary N) is 1. The van der Waals surface area contributed by atoms with Gasteiger partial charge in [-0.05, 0) is 24.6 Å². The van der Waals surface area contributed by atoms with Crippen LogP contribution in [0.25, 0.3) is 0 Å². The number of benzene rings is 2. The van der Waals surface area contributed by atoms with Gasteiger partial charge >= 0.3 is 0 Å². The number of rotatable bonds is 4. The van der Waals surface area contributed by atoms with Gasteiger partial charge in [0.05, 0.1) is 18.5 Å². The molecule has 4 heteroatoms. The molecule has 1 aliphatic rings. The van der Waals surface area contributed by atoms with Gasteiger partial charge < -0.3 is 15.0 Å². The first-order valence-corrected chi connectivity index (χ1v) is 7.55. The topological polar surface area (TPSA) is 41.6 Å². The summed E-state index contributed by atoms with van der Waals surface area (Å²) in [5.74, 6) is 0.782. The highest BCUT2D eigenvalue weighted by atomic mass is 16.5. The van der Waals surface area contributed by atoms with Crippen molar-refractivity contribution in [2.24, 2.45) is 0 Å². The van der Waals surface area contributed by atoms with Crippen LogP contribution in [0.15, 0.2) is 60.7 Å². The maximum Gasteiger partial charge on any atom is 0.254 e. The second kappa shape index (κ2) is 6.16. The van der Waals surface area contributed by atoms with E-state index in [1.807, 2.05) is 55.5 Å². The molecule has 0 spiro atoms. The van der Waals surface area contributed by atoms with Crippen LogP contribution in [-0.4, -0.2) is 19.6 Å². The molecule has 0 radical (unpaired) electrons. The predicted octanol–water partition coefficient (Wildman–Crippen LogP) is 3.77. The molecule has 1 aliphatic heterocycles. The van der Waals surface area contributed by atoms with Gasteiger partial charge in [0.2, 0.25) is 0 Å². The molecule has 3 rings (SSSR count). The van der Waals surface area contributed by atoms with Gasteiger partial charge in [0.1, 0.15) is 11.8 Å². The fourth-order valence-electron chi connectivity index (χ4n) is 2.79. The minimum atomic E-state index is -0.407. The van der Waals surface area contributed by atoms with Crippen molar-refractivity contribution in [3.63, 3.8) is 0 Å². The van der Waals surface area contributed by atoms with Crippen LogP contribution in [0.1, 0.15) is 18.5 Å². The molecule has 0 saturated heterocycles. The number of carbonyl (C=O) groups excluding carboxylic acids is 1. The molecule has 1 unspecified atom stereocenters. The van der Waals surface area contributed by atoms with Gasteiger partial charge in [-0.15, -0.1) is 0 Å². The Morgan fingerprint density at radius 3 is 2.65 bits per heavy atom. The Kier molecular flexibility index (Phi) is 4.06. The standard InChI is InChI=1S/C19H20N2O2/c1-13(2)12-21-17-10-9-15(23-3)11-16(17)20-18(19(21)22)14-7-5-4-6-8-14/h4-11,18,20H,1,12H2,2-3H3. The quantitative estimate of drug-likeness (QED) is 0.874. The smallest absolute Gasteiger partial charge is 0.254 e. The summed E-state index contributed by atoms with van der Waals surface area (Å²) in [5, 5.41) is 3.34. The Balaban J connectivity index is 2.06. The summed E-state index contributed by atoms with van der Waals surface area (Å²) >= 11 is 0. The number of hydrogen-bond acceptors (Lipinski definition) is 3. The van der Waals surface area contributed by atoms with Gasteiger partial charge in [-0.25, -0.2) is 0 Å². The van der Waals surface area contributed by atoms with Crippen LogP contribution in [0.3, 0.4) is 0 Å². The lowest BCUT2D eigenvalue weighted by molar-refractivity contribution is -0.119. The monoisotopic (exact) mass is 308 g/mol. The van der Waals surface area contributed by atoms with Crippen molar-refractivity contribution in [3.05, 3.63) is 66.2 Å². The van der Waals surface area contributed by atoms with Gasteiger partial charge in [0, 0.05) is 12.6 Å². The van der Waals surface area contributed by atoms with Gasteiger partial charge in [0.15, 0.2) is 0 Å². The van der Waals surface area contributed by atoms with E-state index in [-0.39, 0.29) is 5.91 Å². The van der Waals surface area contributed by atoms with Crippen LogP contribution in [0.4, 0.5) is 11.4 Å². The summed E-state index contributed by atoms with van der Waals surface area (Å²) in [6.45, 7) is 6.38. The molecule has 0 saturated carbocycles. The highest BCUT2D eigenvalue weighted by Gasteiger charge is 2.33. The van der Waals surface area contributed by atoms with Crippen LogP contribution in [-0.2, 0) is 4.79 Å². The molecule has 1 heterocycles. The summed E-state index contributed by atoms with van der Waals surface area (Å²) in [5.41, 5.74) is 3.62. The van der Waals surface area contributed by atoms with E-state index in [9.17, 15) is 4.79 Å². The molecule has 0 fully saturated rings. The number of anilines is 2. The number of methoxy groups -OCH3 is 1. The largest absolute Gasteiger partial charge is 0.497 e. The highest BCUT2D eigenvalue weighted by molar-refractivity contribution is 6.05. The third kappa shape index (κ3) is 2.93. The SMILES string of the molecule is C=C(C)CN1C(=O)C(c2ccccc2)Nc2cc(OC)ccc21. The molecular weight excluding hydrogens is 288 g/mol. The molecule has 4 nitrogen and oxygen atoms in total. The lowest BCUT2D eigenvalue weighted by atomic mass is 10.0. The van der Waals surface area contributed by atoms with Crippen LogP contribution in [0.5, 0.6) is 5.75 Å². The molecule has 118 valence electrons. The lowest BCUT2D eigenvalue weighted by Crippen LogP contribution is -2.43. The summed E-state index contributed by atoms with van der Waals surface area (Å²) in [7, 11) is 1.63. The van der Waals surface area contributed by atoms with Gasteiger partial charge in [-0.2, -0.15) is 0 Å². The molecule has 1 amide bonds. The van der Waals surface area contributed by atoms with Crippen LogP contribution >= 0.6 is 0 Å². The zero-order valence-electron chi connectivity index (χ0n) is 13.4. The predicted molar refractivity (Wildman–Crippen MR) is 93.0 cm³/mol. The molecule has 2 aromatic rings. The van der Waals surface area contributed by atoms with Gasteiger partial charge in [-0.3, -0.25) is 4.79 Å². The van der Waals surface area contributed by atoms with E-state index >= 15 is 0 Å². The molecule has 1 N–H and O–H groups in total. The molecule has 1 atom stereocenters. The van der Waals surface area contributed by atoms with E-state index in [4.69, 9.17) is 4.74 Å². The molecule has 0 aromatic heterocycles. The molecule has 0 bridgehead atoms. The number of amides is 1. The Labute approximate surface area is 136 Å². The summed E-state index contributed by atoms with van der Waals surface area (Å²) in [6, 6.07) is 15.0. The zero-order chi connectivity index (χ0) is 16.4.